The van der Waals surface area contributed by atoms with E-state index in [0.29, 0.717) is 27.7 Å². The highest BCUT2D eigenvalue weighted by molar-refractivity contribution is 7.18. The van der Waals surface area contributed by atoms with Gasteiger partial charge in [-0.15, -0.1) is 11.3 Å². The lowest BCUT2D eigenvalue weighted by molar-refractivity contribution is 0.0531. The van der Waals surface area contributed by atoms with Gasteiger partial charge in [-0.1, -0.05) is 0 Å². The second kappa shape index (κ2) is 6.49. The Labute approximate surface area is 127 Å². The minimum atomic E-state index is -0.363. The third-order valence-corrected chi connectivity index (χ3v) is 4.00. The molecule has 0 bridgehead atoms. The lowest BCUT2D eigenvalue weighted by Crippen LogP contribution is -2.13. The highest BCUT2D eigenvalue weighted by atomic mass is 32.1. The third kappa shape index (κ3) is 3.46. The Hall–Kier alpha value is -2.21. The number of anilines is 1. The highest BCUT2D eigenvalue weighted by Gasteiger charge is 2.17. The van der Waals surface area contributed by atoms with Crippen LogP contribution in [0.25, 0.3) is 0 Å². The molecule has 5 nitrogen and oxygen atoms in total. The summed E-state index contributed by atoms with van der Waals surface area (Å²) < 4.78 is 4.98. The second-order valence-corrected chi connectivity index (χ2v) is 5.49. The average Bonchev–Trinajstić information content (AvgIpc) is 2.80. The topological polar surface area (TPSA) is 68.3 Å². The minimum absolute atomic E-state index is 0.239. The standard InChI is InChI=1S/C15H16N2O3S/c1-4-20-15(19)13-9(2)8-12(21-13)17-14(18)11-6-5-7-16-10(11)3/h5-8H,4H2,1-3H3,(H,17,18). The first-order chi connectivity index (χ1) is 10.0. The average molecular weight is 304 g/mol. The zero-order valence-corrected chi connectivity index (χ0v) is 12.9. The monoisotopic (exact) mass is 304 g/mol. The Bertz CT molecular complexity index is 679. The number of amides is 1. The number of nitrogens with one attached hydrogen (secondary N) is 1. The van der Waals surface area contributed by atoms with Crippen molar-refractivity contribution in [2.75, 3.05) is 11.9 Å². The molecule has 2 rings (SSSR count). The second-order valence-electron chi connectivity index (χ2n) is 4.43. The Morgan fingerprint density at radius 2 is 2.14 bits per heavy atom. The molecular formula is C15H16N2O3S. The molecule has 0 aliphatic carbocycles. The van der Waals surface area contributed by atoms with Gasteiger partial charge in [0, 0.05) is 11.9 Å². The van der Waals surface area contributed by atoms with Crippen molar-refractivity contribution in [1.82, 2.24) is 4.98 Å². The lowest BCUT2D eigenvalue weighted by atomic mass is 10.2. The van der Waals surface area contributed by atoms with E-state index in [1.165, 1.54) is 11.3 Å². The number of thiophene rings is 1. The van der Waals surface area contributed by atoms with E-state index in [1.54, 1.807) is 38.2 Å². The zero-order valence-electron chi connectivity index (χ0n) is 12.1. The van der Waals surface area contributed by atoms with Gasteiger partial charge in [0.05, 0.1) is 17.2 Å². The maximum Gasteiger partial charge on any atom is 0.348 e. The maximum absolute atomic E-state index is 12.2. The van der Waals surface area contributed by atoms with Gasteiger partial charge in [0.2, 0.25) is 0 Å². The van der Waals surface area contributed by atoms with Crippen LogP contribution in [-0.2, 0) is 4.74 Å². The van der Waals surface area contributed by atoms with Crippen LogP contribution in [0.15, 0.2) is 24.4 Å². The molecule has 0 aliphatic heterocycles. The number of pyridine rings is 1. The van der Waals surface area contributed by atoms with Crippen molar-refractivity contribution < 1.29 is 14.3 Å². The van der Waals surface area contributed by atoms with Gasteiger partial charge < -0.3 is 10.1 Å². The molecule has 2 aromatic heterocycles. The molecular weight excluding hydrogens is 288 g/mol. The Balaban J connectivity index is 2.17. The van der Waals surface area contributed by atoms with Crippen LogP contribution in [0.4, 0.5) is 5.00 Å². The molecule has 0 fully saturated rings. The van der Waals surface area contributed by atoms with Gasteiger partial charge >= 0.3 is 5.97 Å². The fourth-order valence-corrected chi connectivity index (χ4v) is 2.81. The number of nitrogens with zero attached hydrogens (tertiary/aromatic N) is 1. The number of hydrogen-bond donors (Lipinski definition) is 1. The van der Waals surface area contributed by atoms with Crippen molar-refractivity contribution in [2.24, 2.45) is 0 Å². The first kappa shape index (κ1) is 15.2. The van der Waals surface area contributed by atoms with E-state index in [1.807, 2.05) is 6.92 Å². The molecule has 110 valence electrons. The first-order valence-electron chi connectivity index (χ1n) is 6.53. The van der Waals surface area contributed by atoms with Crippen LogP contribution in [0.3, 0.4) is 0 Å². The SMILES string of the molecule is CCOC(=O)c1sc(NC(=O)c2cccnc2C)cc1C. The molecule has 1 N–H and O–H groups in total. The summed E-state index contributed by atoms with van der Waals surface area (Å²) in [5.74, 6) is -0.602. The van der Waals surface area contributed by atoms with Crippen molar-refractivity contribution in [2.45, 2.75) is 20.8 Å². The van der Waals surface area contributed by atoms with E-state index in [9.17, 15) is 9.59 Å². The molecule has 0 aromatic carbocycles. The molecule has 21 heavy (non-hydrogen) atoms. The summed E-state index contributed by atoms with van der Waals surface area (Å²) in [6.07, 6.45) is 1.64. The van der Waals surface area contributed by atoms with Crippen molar-refractivity contribution in [1.29, 1.82) is 0 Å². The molecule has 2 aromatic rings. The quantitative estimate of drug-likeness (QED) is 0.881. The fourth-order valence-electron chi connectivity index (χ4n) is 1.85. The number of carbonyl (C=O) groups excluding carboxylic acids is 2. The number of rotatable bonds is 4. The summed E-state index contributed by atoms with van der Waals surface area (Å²) in [7, 11) is 0. The maximum atomic E-state index is 12.2. The van der Waals surface area contributed by atoms with Crippen LogP contribution in [0.1, 0.15) is 38.2 Å². The van der Waals surface area contributed by atoms with E-state index in [-0.39, 0.29) is 11.9 Å². The zero-order chi connectivity index (χ0) is 15.4. The van der Waals surface area contributed by atoms with Crippen molar-refractivity contribution in [3.63, 3.8) is 0 Å². The van der Waals surface area contributed by atoms with Crippen LogP contribution in [0, 0.1) is 13.8 Å². The fraction of sp³-hybridized carbons (Fsp3) is 0.267. The van der Waals surface area contributed by atoms with Gasteiger partial charge in [-0.05, 0) is 44.5 Å². The van der Waals surface area contributed by atoms with Gasteiger partial charge in [0.1, 0.15) is 4.88 Å². The predicted molar refractivity (Wildman–Crippen MR) is 81.9 cm³/mol. The predicted octanol–water partition coefficient (Wildman–Crippen LogP) is 3.19. The summed E-state index contributed by atoms with van der Waals surface area (Å²) >= 11 is 1.21. The molecule has 6 heteroatoms. The van der Waals surface area contributed by atoms with Crippen molar-refractivity contribution >= 4 is 28.2 Å². The van der Waals surface area contributed by atoms with E-state index < -0.39 is 0 Å². The van der Waals surface area contributed by atoms with Crippen LogP contribution in [0.2, 0.25) is 0 Å². The minimum Gasteiger partial charge on any atom is -0.462 e. The van der Waals surface area contributed by atoms with Crippen LogP contribution >= 0.6 is 11.3 Å². The Morgan fingerprint density at radius 3 is 2.81 bits per heavy atom. The van der Waals surface area contributed by atoms with E-state index >= 15 is 0 Å². The number of ether oxygens (including phenoxy) is 1. The van der Waals surface area contributed by atoms with Crippen LogP contribution < -0.4 is 5.32 Å². The molecule has 1 amide bonds. The molecule has 0 aliphatic rings. The van der Waals surface area contributed by atoms with Crippen molar-refractivity contribution in [3.05, 3.63) is 46.1 Å². The molecule has 0 saturated carbocycles. The number of aryl methyl sites for hydroxylation is 2. The molecule has 0 unspecified atom stereocenters. The molecule has 0 spiro atoms. The number of esters is 1. The number of hydrogen-bond acceptors (Lipinski definition) is 5. The van der Waals surface area contributed by atoms with Gasteiger partial charge in [-0.3, -0.25) is 9.78 Å². The normalized spacial score (nSPS) is 10.2. The van der Waals surface area contributed by atoms with Gasteiger partial charge in [-0.25, -0.2) is 4.79 Å². The summed E-state index contributed by atoms with van der Waals surface area (Å²) in [5, 5.41) is 3.40. The summed E-state index contributed by atoms with van der Waals surface area (Å²) in [6, 6.07) is 5.19. The number of aromatic nitrogens is 1. The van der Waals surface area contributed by atoms with Gasteiger partial charge in [-0.2, -0.15) is 0 Å². The highest BCUT2D eigenvalue weighted by Crippen LogP contribution is 2.27. The summed E-state index contributed by atoms with van der Waals surface area (Å²) in [6.45, 7) is 5.67. The first-order valence-corrected chi connectivity index (χ1v) is 7.35. The number of carbonyl (C=O) groups is 2. The van der Waals surface area contributed by atoms with E-state index in [2.05, 4.69) is 10.3 Å². The van der Waals surface area contributed by atoms with E-state index in [4.69, 9.17) is 4.74 Å². The molecule has 0 radical (unpaired) electrons. The van der Waals surface area contributed by atoms with Gasteiger partial charge in [0.25, 0.3) is 5.91 Å². The largest absolute Gasteiger partial charge is 0.462 e. The van der Waals surface area contributed by atoms with Crippen molar-refractivity contribution in [3.8, 4) is 0 Å². The van der Waals surface area contributed by atoms with E-state index in [0.717, 1.165) is 5.56 Å². The van der Waals surface area contributed by atoms with Gasteiger partial charge in [0.15, 0.2) is 0 Å². The van der Waals surface area contributed by atoms with Crippen LogP contribution in [-0.4, -0.2) is 23.5 Å². The van der Waals surface area contributed by atoms with Crippen LogP contribution in [0.5, 0.6) is 0 Å². The summed E-state index contributed by atoms with van der Waals surface area (Å²) in [5.41, 5.74) is 1.96. The Morgan fingerprint density at radius 1 is 1.38 bits per heavy atom. The smallest absolute Gasteiger partial charge is 0.348 e. The summed E-state index contributed by atoms with van der Waals surface area (Å²) in [4.78, 5) is 28.5. The molecule has 2 heterocycles. The molecule has 0 atom stereocenters. The molecule has 0 saturated heterocycles. The lowest BCUT2D eigenvalue weighted by Gasteiger charge is -2.04. The third-order valence-electron chi connectivity index (χ3n) is 2.87. The Kier molecular flexibility index (Phi) is 4.70.